The minimum atomic E-state index is -0.364. The fraction of sp³-hybridized carbons (Fsp3) is 0.448. The molecule has 1 aliphatic carbocycles. The van der Waals surface area contributed by atoms with Crippen LogP contribution in [0.5, 0.6) is 0 Å². The van der Waals surface area contributed by atoms with Gasteiger partial charge < -0.3 is 9.88 Å². The summed E-state index contributed by atoms with van der Waals surface area (Å²) in [7, 11) is 0. The number of nitrogens with zero attached hydrogens (tertiary/aromatic N) is 6. The van der Waals surface area contributed by atoms with E-state index in [0.29, 0.717) is 5.56 Å². The molecule has 1 N–H and O–H groups in total. The number of nitrogens with one attached hydrogen (secondary N) is 1. The normalized spacial score (nSPS) is 18.2. The molecule has 0 amide bonds. The molecule has 0 spiro atoms. The summed E-state index contributed by atoms with van der Waals surface area (Å²) in [5.41, 5.74) is 4.74. The number of tetrazole rings is 1. The highest BCUT2D eigenvalue weighted by molar-refractivity contribution is 5.81. The van der Waals surface area contributed by atoms with Gasteiger partial charge in [0.05, 0.1) is 6.04 Å². The molecular formula is C29H34FN7O. The predicted octanol–water partition coefficient (Wildman–Crippen LogP) is 4.69. The Labute approximate surface area is 221 Å². The second kappa shape index (κ2) is 10.3. The van der Waals surface area contributed by atoms with Crippen molar-refractivity contribution in [2.75, 3.05) is 31.1 Å². The number of piperazine rings is 1. The van der Waals surface area contributed by atoms with Crippen LogP contribution < -0.4 is 10.5 Å². The van der Waals surface area contributed by atoms with E-state index < -0.39 is 0 Å². The summed E-state index contributed by atoms with van der Waals surface area (Å²) in [6.45, 7) is 7.12. The van der Waals surface area contributed by atoms with Gasteiger partial charge in [0.2, 0.25) is 0 Å². The minimum absolute atomic E-state index is 0.107. The highest BCUT2D eigenvalue weighted by Gasteiger charge is 2.34. The number of fused-ring (bicyclic) bond motifs is 1. The smallest absolute Gasteiger partial charge is 0.253 e. The number of hydrogen-bond donors (Lipinski definition) is 1. The van der Waals surface area contributed by atoms with Gasteiger partial charge in [-0.05, 0) is 96.1 Å². The minimum Gasteiger partial charge on any atom is -0.369 e. The van der Waals surface area contributed by atoms with Gasteiger partial charge in [0.1, 0.15) is 11.9 Å². The van der Waals surface area contributed by atoms with Crippen molar-refractivity contribution in [1.29, 1.82) is 0 Å². The molecule has 2 aromatic heterocycles. The summed E-state index contributed by atoms with van der Waals surface area (Å²) in [5.74, 6) is 0.503. The molecule has 38 heavy (non-hydrogen) atoms. The Morgan fingerprint density at radius 3 is 2.39 bits per heavy atom. The van der Waals surface area contributed by atoms with E-state index in [0.717, 1.165) is 67.0 Å². The van der Waals surface area contributed by atoms with E-state index >= 15 is 0 Å². The number of pyridine rings is 1. The van der Waals surface area contributed by atoms with Crippen molar-refractivity contribution in [1.82, 2.24) is 30.1 Å². The monoisotopic (exact) mass is 515 g/mol. The van der Waals surface area contributed by atoms with E-state index in [1.54, 1.807) is 0 Å². The molecule has 198 valence electrons. The molecule has 3 heterocycles. The Kier molecular flexibility index (Phi) is 6.69. The lowest BCUT2D eigenvalue weighted by molar-refractivity contribution is 0.192. The van der Waals surface area contributed by atoms with E-state index in [1.165, 1.54) is 37.0 Å². The topological polar surface area (TPSA) is 82.9 Å². The summed E-state index contributed by atoms with van der Waals surface area (Å²) in [6, 6.07) is 12.7. The van der Waals surface area contributed by atoms with Crippen molar-refractivity contribution >= 4 is 16.6 Å². The first-order chi connectivity index (χ1) is 18.5. The number of aromatic amines is 1. The molecule has 8 nitrogen and oxygen atoms in total. The van der Waals surface area contributed by atoms with Crippen LogP contribution in [-0.2, 0) is 0 Å². The molecular weight excluding hydrogens is 481 g/mol. The van der Waals surface area contributed by atoms with Gasteiger partial charge >= 0.3 is 0 Å². The molecule has 2 aromatic carbocycles. The predicted molar refractivity (Wildman–Crippen MR) is 146 cm³/mol. The van der Waals surface area contributed by atoms with Crippen molar-refractivity contribution < 1.29 is 4.39 Å². The van der Waals surface area contributed by atoms with Gasteiger partial charge in [-0.15, -0.1) is 5.10 Å². The second-order valence-corrected chi connectivity index (χ2v) is 10.8. The quantitative estimate of drug-likeness (QED) is 0.415. The van der Waals surface area contributed by atoms with Gasteiger partial charge in [-0.2, -0.15) is 0 Å². The first kappa shape index (κ1) is 24.7. The second-order valence-electron chi connectivity index (χ2n) is 10.8. The van der Waals surface area contributed by atoms with E-state index in [1.807, 2.05) is 28.9 Å². The van der Waals surface area contributed by atoms with Gasteiger partial charge in [-0.1, -0.05) is 19.3 Å². The number of H-pyrrole nitrogens is 1. The molecule has 0 radical (unpaired) electrons. The highest BCUT2D eigenvalue weighted by Crippen LogP contribution is 2.34. The summed E-state index contributed by atoms with van der Waals surface area (Å²) in [6.07, 6.45) is 5.68. The van der Waals surface area contributed by atoms with Gasteiger partial charge in [0.15, 0.2) is 5.82 Å². The van der Waals surface area contributed by atoms with Gasteiger partial charge in [0.25, 0.3) is 5.56 Å². The summed E-state index contributed by atoms with van der Waals surface area (Å²) in [5, 5.41) is 14.1. The van der Waals surface area contributed by atoms with Crippen molar-refractivity contribution in [3.05, 3.63) is 81.2 Å². The zero-order valence-corrected chi connectivity index (χ0v) is 22.0. The van der Waals surface area contributed by atoms with Crippen LogP contribution in [0, 0.1) is 19.7 Å². The maximum Gasteiger partial charge on any atom is 0.253 e. The molecule has 1 atom stereocenters. The van der Waals surface area contributed by atoms with Crippen LogP contribution in [0.25, 0.3) is 10.9 Å². The van der Waals surface area contributed by atoms with Crippen LogP contribution in [0.15, 0.2) is 47.3 Å². The number of hydrogen-bond acceptors (Lipinski definition) is 6. The van der Waals surface area contributed by atoms with Crippen molar-refractivity contribution in [3.63, 3.8) is 0 Å². The lowest BCUT2D eigenvalue weighted by Crippen LogP contribution is -2.49. The van der Waals surface area contributed by atoms with Gasteiger partial charge in [-0.25, -0.2) is 9.07 Å². The fourth-order valence-electron chi connectivity index (χ4n) is 6.05. The molecule has 2 fully saturated rings. The summed E-state index contributed by atoms with van der Waals surface area (Å²) in [4.78, 5) is 21.3. The van der Waals surface area contributed by atoms with Gasteiger partial charge in [0, 0.05) is 42.9 Å². The number of anilines is 1. The van der Waals surface area contributed by atoms with E-state index in [4.69, 9.17) is 0 Å². The van der Waals surface area contributed by atoms with E-state index in [9.17, 15) is 9.18 Å². The van der Waals surface area contributed by atoms with E-state index in [-0.39, 0.29) is 23.5 Å². The Morgan fingerprint density at radius 2 is 1.66 bits per heavy atom. The molecule has 6 rings (SSSR count). The SMILES string of the molecule is Cc1cc2cc(C(c3nnnn3C3CCCCC3)N3CCN(c4ccc(F)cc4)CC3)c(=O)[nH]c2cc1C. The summed E-state index contributed by atoms with van der Waals surface area (Å²) >= 11 is 0. The lowest BCUT2D eigenvalue weighted by Gasteiger charge is -2.40. The third-order valence-corrected chi connectivity index (χ3v) is 8.34. The molecule has 0 bridgehead atoms. The Balaban J connectivity index is 1.39. The Hall–Kier alpha value is -3.59. The largest absolute Gasteiger partial charge is 0.369 e. The highest BCUT2D eigenvalue weighted by atomic mass is 19.1. The molecule has 1 aliphatic heterocycles. The standard InChI is InChI=1S/C29H34FN7O/c1-19-16-21-18-25(29(38)31-26(21)17-20(19)2)27(28-32-33-34-37(28)24-6-4-3-5-7-24)36-14-12-35(13-15-36)23-10-8-22(30)9-11-23/h8-11,16-18,24,27H,3-7,12-15H2,1-2H3,(H,31,38). The number of aromatic nitrogens is 5. The number of rotatable bonds is 5. The maximum absolute atomic E-state index is 13.6. The fourth-order valence-corrected chi connectivity index (χ4v) is 6.05. The third kappa shape index (κ3) is 4.71. The van der Waals surface area contributed by atoms with Crippen LogP contribution >= 0.6 is 0 Å². The average molecular weight is 516 g/mol. The lowest BCUT2D eigenvalue weighted by atomic mass is 9.95. The van der Waals surface area contributed by atoms with Crippen molar-refractivity contribution in [2.24, 2.45) is 0 Å². The average Bonchev–Trinajstić information content (AvgIpc) is 3.41. The number of halogens is 1. The first-order valence-corrected chi connectivity index (χ1v) is 13.6. The molecule has 1 unspecified atom stereocenters. The zero-order valence-electron chi connectivity index (χ0n) is 22.0. The van der Waals surface area contributed by atoms with Crippen LogP contribution in [0.4, 0.5) is 10.1 Å². The van der Waals surface area contributed by atoms with Crippen LogP contribution in [0.3, 0.4) is 0 Å². The maximum atomic E-state index is 13.6. The molecule has 1 saturated carbocycles. The number of benzene rings is 2. The Morgan fingerprint density at radius 1 is 0.947 bits per heavy atom. The van der Waals surface area contributed by atoms with Crippen LogP contribution in [0.1, 0.15) is 66.7 Å². The summed E-state index contributed by atoms with van der Waals surface area (Å²) < 4.78 is 15.5. The number of aryl methyl sites for hydroxylation is 2. The molecule has 9 heteroatoms. The first-order valence-electron chi connectivity index (χ1n) is 13.6. The van der Waals surface area contributed by atoms with Crippen molar-refractivity contribution in [2.45, 2.75) is 58.0 Å². The molecule has 2 aliphatic rings. The van der Waals surface area contributed by atoms with Crippen molar-refractivity contribution in [3.8, 4) is 0 Å². The van der Waals surface area contributed by atoms with Gasteiger partial charge in [-0.3, -0.25) is 9.69 Å². The zero-order chi connectivity index (χ0) is 26.2. The Bertz CT molecular complexity index is 1480. The van der Waals surface area contributed by atoms with Crippen LogP contribution in [0.2, 0.25) is 0 Å². The van der Waals surface area contributed by atoms with E-state index in [2.05, 4.69) is 50.2 Å². The molecule has 4 aromatic rings. The van der Waals surface area contributed by atoms with Crippen LogP contribution in [-0.4, -0.2) is 56.3 Å². The third-order valence-electron chi connectivity index (χ3n) is 8.34. The molecule has 1 saturated heterocycles.